The molecule has 6 rings (SSSR count). The molecule has 0 N–H and O–H groups in total. The number of hydrogen-bond acceptors (Lipinski definition) is 3. The van der Waals surface area contributed by atoms with Crippen molar-refractivity contribution in [2.45, 2.75) is 13.8 Å². The maximum absolute atomic E-state index is 5.85. The third kappa shape index (κ3) is 5.05. The summed E-state index contributed by atoms with van der Waals surface area (Å²) in [5, 5.41) is 4.68. The van der Waals surface area contributed by atoms with Crippen LogP contribution in [0.1, 0.15) is 11.1 Å². The Morgan fingerprint density at radius 1 is 0.588 bits per heavy atom. The summed E-state index contributed by atoms with van der Waals surface area (Å²) in [7, 11) is 0. The molecule has 0 fully saturated rings. The van der Waals surface area contributed by atoms with Crippen LogP contribution in [-0.4, -0.2) is 0 Å². The van der Waals surface area contributed by atoms with Gasteiger partial charge in [-0.1, -0.05) is 83.2 Å². The van der Waals surface area contributed by atoms with Gasteiger partial charge >= 0.3 is 0 Å². The van der Waals surface area contributed by atoms with Crippen molar-refractivity contribution >= 4 is 22.7 Å². The molecule has 2 aliphatic rings. The normalized spacial score (nSPS) is 12.9. The Balaban J connectivity index is 0.000000157. The Kier molecular flexibility index (Phi) is 7.43. The van der Waals surface area contributed by atoms with Gasteiger partial charge in [-0.15, -0.1) is 6.67 Å². The van der Waals surface area contributed by atoms with E-state index in [1.807, 2.05) is 60.7 Å². The minimum atomic E-state index is 0. The predicted octanol–water partition coefficient (Wildman–Crippen LogP) is 8.35. The second kappa shape index (κ2) is 10.7. The summed E-state index contributed by atoms with van der Waals surface area (Å²) in [6.07, 6.45) is 4.12. The Labute approximate surface area is 217 Å². The molecule has 0 spiro atoms. The van der Waals surface area contributed by atoms with E-state index in [0.29, 0.717) is 0 Å². The molecule has 0 atom stereocenters. The quantitative estimate of drug-likeness (QED) is 0.145. The molecular formula is C29H25AuN3O-2. The second-order valence-electron chi connectivity index (χ2n) is 7.96. The number of nitrogens with zero attached hydrogens (tertiary/aromatic N) is 3. The van der Waals surface area contributed by atoms with Crippen molar-refractivity contribution in [3.8, 4) is 11.5 Å². The van der Waals surface area contributed by atoms with Crippen molar-refractivity contribution in [2.24, 2.45) is 0 Å². The van der Waals surface area contributed by atoms with Gasteiger partial charge in [0.05, 0.1) is 0 Å². The first-order chi connectivity index (χ1) is 16.2. The number of rotatable bonds is 2. The van der Waals surface area contributed by atoms with Crippen molar-refractivity contribution in [1.29, 1.82) is 0 Å². The fourth-order valence-corrected chi connectivity index (χ4v) is 3.81. The third-order valence-electron chi connectivity index (χ3n) is 5.59. The van der Waals surface area contributed by atoms with Crippen molar-refractivity contribution in [1.82, 2.24) is 0 Å². The van der Waals surface area contributed by atoms with Gasteiger partial charge in [0.2, 0.25) is 0 Å². The Bertz CT molecular complexity index is 1180. The van der Waals surface area contributed by atoms with Gasteiger partial charge in [0, 0.05) is 33.8 Å². The van der Waals surface area contributed by atoms with E-state index in [1.54, 1.807) is 0 Å². The molecule has 0 amide bonds. The summed E-state index contributed by atoms with van der Waals surface area (Å²) >= 11 is 0. The zero-order valence-corrected chi connectivity index (χ0v) is 21.2. The van der Waals surface area contributed by atoms with Gasteiger partial charge in [-0.3, -0.25) is 0 Å². The number of benzene rings is 4. The molecule has 4 aromatic carbocycles. The van der Waals surface area contributed by atoms with Gasteiger partial charge in [-0.2, -0.15) is 0 Å². The number of para-hydroxylation sites is 4. The molecule has 34 heavy (non-hydrogen) atoms. The number of ether oxygens (including phenoxy) is 1. The molecule has 4 nitrogen and oxygen atoms in total. The Morgan fingerprint density at radius 2 is 1.03 bits per heavy atom. The van der Waals surface area contributed by atoms with Crippen LogP contribution >= 0.6 is 0 Å². The zero-order valence-electron chi connectivity index (χ0n) is 19.0. The minimum Gasteiger partial charge on any atom is -0.651 e. The van der Waals surface area contributed by atoms with E-state index in [0.717, 1.165) is 34.0 Å². The predicted molar refractivity (Wildman–Crippen MR) is 136 cm³/mol. The molecule has 0 saturated heterocycles. The maximum Gasteiger partial charge on any atom is 0.113 e. The largest absolute Gasteiger partial charge is 0.651 e. The summed E-state index contributed by atoms with van der Waals surface area (Å²) in [4.78, 5) is 4.21. The van der Waals surface area contributed by atoms with Crippen molar-refractivity contribution < 1.29 is 27.1 Å². The van der Waals surface area contributed by atoms with Crippen LogP contribution in [0.25, 0.3) is 5.32 Å². The van der Waals surface area contributed by atoms with Crippen LogP contribution in [0.4, 0.5) is 22.7 Å². The van der Waals surface area contributed by atoms with E-state index in [1.165, 1.54) is 11.4 Å². The average molecular weight is 629 g/mol. The molecule has 0 unspecified atom stereocenters. The number of aryl methyl sites for hydroxylation is 2. The molecule has 175 valence electrons. The van der Waals surface area contributed by atoms with E-state index < -0.39 is 0 Å². The zero-order chi connectivity index (χ0) is 22.6. The maximum atomic E-state index is 5.85. The summed E-state index contributed by atoms with van der Waals surface area (Å²) < 4.78 is 5.85. The second-order valence-corrected chi connectivity index (χ2v) is 7.96. The van der Waals surface area contributed by atoms with Crippen LogP contribution in [0.2, 0.25) is 0 Å². The molecule has 0 aromatic heterocycles. The number of fused-ring (bicyclic) bond motifs is 2. The monoisotopic (exact) mass is 628 g/mol. The molecule has 0 aliphatic carbocycles. The van der Waals surface area contributed by atoms with Gasteiger partial charge in [-0.05, 0) is 62.6 Å². The molecule has 1 radical (unpaired) electrons. The standard InChI is InChI=1S/C15H13N2.C14H12NO.Au/c1-3-7-14(8-4-1)16-11-12-17(13-16)15-9-5-2-6-10-15;1-9-5-3-7-11-13(9)15-14-10(2)6-4-8-12(14)16-11;/h1-13H;3-8H,1-2H3;/q2*-1;. The van der Waals surface area contributed by atoms with Crippen molar-refractivity contribution in [3.05, 3.63) is 133 Å². The van der Waals surface area contributed by atoms with E-state index in [2.05, 4.69) is 84.4 Å². The molecule has 2 heterocycles. The summed E-state index contributed by atoms with van der Waals surface area (Å²) in [5.74, 6) is 1.69. The van der Waals surface area contributed by atoms with Crippen LogP contribution in [-0.2, 0) is 22.4 Å². The molecule has 4 aromatic rings. The number of anilines is 2. The Morgan fingerprint density at radius 3 is 1.47 bits per heavy atom. The average Bonchev–Trinajstić information content (AvgIpc) is 3.36. The van der Waals surface area contributed by atoms with Crippen LogP contribution < -0.4 is 14.5 Å². The number of hydrogen-bond donors (Lipinski definition) is 0. The van der Waals surface area contributed by atoms with E-state index in [9.17, 15) is 0 Å². The first-order valence-electron chi connectivity index (χ1n) is 11.0. The summed E-state index contributed by atoms with van der Waals surface area (Å²) in [6.45, 7) is 6.18. The smallest absolute Gasteiger partial charge is 0.113 e. The fourth-order valence-electron chi connectivity index (χ4n) is 3.81. The summed E-state index contributed by atoms with van der Waals surface area (Å²) in [5.41, 5.74) is 6.52. The fraction of sp³-hybridized carbons (Fsp3) is 0.0690. The summed E-state index contributed by atoms with van der Waals surface area (Å²) in [6, 6.07) is 32.6. The van der Waals surface area contributed by atoms with Gasteiger partial charge < -0.3 is 19.9 Å². The van der Waals surface area contributed by atoms with Crippen LogP contribution in [0.3, 0.4) is 0 Å². The Hall–Kier alpha value is -3.44. The van der Waals surface area contributed by atoms with E-state index in [4.69, 9.17) is 4.74 Å². The van der Waals surface area contributed by atoms with Crippen LogP contribution in [0.15, 0.2) is 109 Å². The minimum absolute atomic E-state index is 0. The SMILES string of the molecule is C1=CN(c2ccccc2)[CH-]N1c1ccccc1.Cc1cccc2c1[N-]c1c(C)cccc1O2.[Au]. The molecule has 2 aliphatic heterocycles. The first kappa shape index (κ1) is 23.7. The molecule has 0 bridgehead atoms. The van der Waals surface area contributed by atoms with Crippen molar-refractivity contribution in [3.63, 3.8) is 0 Å². The topological polar surface area (TPSA) is 29.8 Å². The van der Waals surface area contributed by atoms with Gasteiger partial charge in [-0.25, -0.2) is 0 Å². The van der Waals surface area contributed by atoms with Crippen molar-refractivity contribution in [2.75, 3.05) is 9.80 Å². The van der Waals surface area contributed by atoms with E-state index >= 15 is 0 Å². The molecular weight excluding hydrogens is 603 g/mol. The van der Waals surface area contributed by atoms with Gasteiger partial charge in [0.15, 0.2) is 0 Å². The van der Waals surface area contributed by atoms with Crippen LogP contribution in [0, 0.1) is 20.5 Å². The van der Waals surface area contributed by atoms with Crippen LogP contribution in [0.5, 0.6) is 11.5 Å². The van der Waals surface area contributed by atoms with E-state index in [-0.39, 0.29) is 22.4 Å². The van der Waals surface area contributed by atoms with Gasteiger partial charge in [0.25, 0.3) is 0 Å². The molecule has 5 heteroatoms. The first-order valence-corrected chi connectivity index (χ1v) is 11.0. The van der Waals surface area contributed by atoms with Gasteiger partial charge in [0.1, 0.15) is 11.5 Å². The molecule has 0 saturated carbocycles. The third-order valence-corrected chi connectivity index (χ3v) is 5.59.